The Labute approximate surface area is 168 Å². The van der Waals surface area contributed by atoms with Gasteiger partial charge in [-0.1, -0.05) is 62.4 Å². The molecule has 0 heterocycles. The monoisotopic (exact) mass is 448 g/mol. The van der Waals surface area contributed by atoms with E-state index in [1.165, 1.54) is 47.4 Å². The van der Waals surface area contributed by atoms with Crippen LogP contribution in [0.2, 0.25) is 0 Å². The van der Waals surface area contributed by atoms with Gasteiger partial charge in [0.2, 0.25) is 0 Å². The normalized spacial score (nSPS) is 16.5. The van der Waals surface area contributed by atoms with Crippen molar-refractivity contribution in [2.45, 2.75) is 32.1 Å². The number of rotatable bonds is 1. The molecule has 0 saturated heterocycles. The molecule has 0 fully saturated rings. The minimum atomic E-state index is 0.0583. The summed E-state index contributed by atoms with van der Waals surface area (Å²) >= 11 is 2.42. The van der Waals surface area contributed by atoms with Crippen molar-refractivity contribution in [1.82, 2.24) is 0 Å². The molecule has 3 aromatic carbocycles. The zero-order valence-corrected chi connectivity index (χ0v) is 17.3. The fraction of sp³-hybridized carbons (Fsp3) is 0.200. The third-order valence-electron chi connectivity index (χ3n) is 6.03. The molecule has 0 aliphatic heterocycles. The fourth-order valence-electron chi connectivity index (χ4n) is 4.65. The molecule has 0 atom stereocenters. The second-order valence-corrected chi connectivity index (χ2v) is 9.13. The van der Waals surface area contributed by atoms with E-state index in [1.54, 1.807) is 0 Å². The van der Waals surface area contributed by atoms with E-state index in [9.17, 15) is 0 Å². The highest BCUT2D eigenvalue weighted by molar-refractivity contribution is 14.1. The van der Waals surface area contributed by atoms with Crippen molar-refractivity contribution in [1.29, 1.82) is 0 Å². The summed E-state index contributed by atoms with van der Waals surface area (Å²) < 4.78 is 1.31. The van der Waals surface area contributed by atoms with Gasteiger partial charge in [0.15, 0.2) is 0 Å². The van der Waals surface area contributed by atoms with E-state index in [4.69, 9.17) is 0 Å². The lowest BCUT2D eigenvalue weighted by Gasteiger charge is -2.23. The molecule has 1 heteroatoms. The first-order valence-corrected chi connectivity index (χ1v) is 10.4. The summed E-state index contributed by atoms with van der Waals surface area (Å²) in [6.45, 7) is 4.73. The van der Waals surface area contributed by atoms with Crippen LogP contribution in [0.4, 0.5) is 0 Å². The molecule has 128 valence electrons. The van der Waals surface area contributed by atoms with Crippen molar-refractivity contribution >= 4 is 34.2 Å². The van der Waals surface area contributed by atoms with E-state index < -0.39 is 0 Å². The van der Waals surface area contributed by atoms with Crippen LogP contribution in [-0.2, 0) is 5.41 Å². The van der Waals surface area contributed by atoms with Crippen molar-refractivity contribution in [3.8, 4) is 11.1 Å². The predicted molar refractivity (Wildman–Crippen MR) is 119 cm³/mol. The molecule has 5 rings (SSSR count). The third-order valence-corrected chi connectivity index (χ3v) is 6.70. The van der Waals surface area contributed by atoms with Crippen molar-refractivity contribution in [2.75, 3.05) is 0 Å². The van der Waals surface area contributed by atoms with Crippen LogP contribution in [0.25, 0.3) is 22.8 Å². The average Bonchev–Trinajstić information content (AvgIpc) is 2.88. The quantitative estimate of drug-likeness (QED) is 0.439. The van der Waals surface area contributed by atoms with Gasteiger partial charge >= 0.3 is 0 Å². The lowest BCUT2D eigenvalue weighted by atomic mass is 9.81. The molecule has 2 aliphatic rings. The van der Waals surface area contributed by atoms with Crippen LogP contribution in [0, 0.1) is 3.57 Å². The molecule has 3 aromatic rings. The van der Waals surface area contributed by atoms with Gasteiger partial charge in [0.05, 0.1) is 0 Å². The second-order valence-electron chi connectivity index (χ2n) is 7.88. The molecule has 0 N–H and O–H groups in total. The van der Waals surface area contributed by atoms with Gasteiger partial charge in [-0.2, -0.15) is 0 Å². The zero-order valence-electron chi connectivity index (χ0n) is 15.1. The maximum atomic E-state index is 2.46. The first-order valence-electron chi connectivity index (χ1n) is 9.29. The Hall–Kier alpha value is -1.87. The average molecular weight is 448 g/mol. The maximum absolute atomic E-state index is 2.46. The molecule has 26 heavy (non-hydrogen) atoms. The summed E-state index contributed by atoms with van der Waals surface area (Å²) in [6, 6.07) is 22.8. The molecule has 0 unspecified atom stereocenters. The van der Waals surface area contributed by atoms with Gasteiger partial charge in [-0.25, -0.2) is 0 Å². The van der Waals surface area contributed by atoms with E-state index in [0.29, 0.717) is 0 Å². The van der Waals surface area contributed by atoms with Crippen LogP contribution < -0.4 is 10.4 Å². The minimum absolute atomic E-state index is 0.0583. The Morgan fingerprint density at radius 1 is 0.846 bits per heavy atom. The molecular formula is C25H21I. The zero-order chi connectivity index (χ0) is 17.9. The van der Waals surface area contributed by atoms with Gasteiger partial charge in [0, 0.05) is 8.99 Å². The minimum Gasteiger partial charge on any atom is -0.0763 e. The van der Waals surface area contributed by atoms with E-state index in [0.717, 1.165) is 12.8 Å². The Morgan fingerprint density at radius 3 is 2.42 bits per heavy atom. The number of fused-ring (bicyclic) bond motifs is 4. The summed E-state index contributed by atoms with van der Waals surface area (Å²) in [5.74, 6) is 0. The molecule has 0 aromatic heterocycles. The Morgan fingerprint density at radius 2 is 1.58 bits per heavy atom. The molecule has 0 saturated carbocycles. The molecule has 2 aliphatic carbocycles. The van der Waals surface area contributed by atoms with Crippen LogP contribution in [0.1, 0.15) is 43.4 Å². The SMILES string of the molecule is CC1(C)c2cc(I)ccc2-c2ccc(C3=c4ccccc4=CCC3)cc21. The van der Waals surface area contributed by atoms with Gasteiger partial charge < -0.3 is 0 Å². The third kappa shape index (κ3) is 2.33. The van der Waals surface area contributed by atoms with E-state index >= 15 is 0 Å². The van der Waals surface area contributed by atoms with Gasteiger partial charge in [0.1, 0.15) is 0 Å². The van der Waals surface area contributed by atoms with Crippen LogP contribution in [0.5, 0.6) is 0 Å². The Balaban J connectivity index is 1.76. The predicted octanol–water partition coefficient (Wildman–Crippen LogP) is 5.37. The lowest BCUT2D eigenvalue weighted by molar-refractivity contribution is 0.659. The molecule has 0 radical (unpaired) electrons. The summed E-state index contributed by atoms with van der Waals surface area (Å²) in [7, 11) is 0. The molecule has 0 spiro atoms. The van der Waals surface area contributed by atoms with Gasteiger partial charge in [-0.15, -0.1) is 0 Å². The lowest BCUT2D eigenvalue weighted by Crippen LogP contribution is -2.29. The van der Waals surface area contributed by atoms with E-state index in [1.807, 2.05) is 0 Å². The van der Waals surface area contributed by atoms with Crippen LogP contribution in [0.15, 0.2) is 60.7 Å². The molecular weight excluding hydrogens is 427 g/mol. The van der Waals surface area contributed by atoms with Gasteiger partial charge in [0.25, 0.3) is 0 Å². The molecule has 0 bridgehead atoms. The number of halogens is 1. The largest absolute Gasteiger partial charge is 0.0763 e. The topological polar surface area (TPSA) is 0 Å². The fourth-order valence-corrected chi connectivity index (χ4v) is 5.14. The van der Waals surface area contributed by atoms with Crippen LogP contribution >= 0.6 is 22.6 Å². The summed E-state index contributed by atoms with van der Waals surface area (Å²) in [6.07, 6.45) is 4.63. The number of benzene rings is 3. The standard InChI is InChI=1S/C25H21I/c1-25(2)23-14-17(20-9-5-7-16-6-3-4-8-19(16)20)10-12-21(23)22-13-11-18(26)15-24(22)25/h3-4,6-8,10-15H,5,9H2,1-2H3. The van der Waals surface area contributed by atoms with Crippen LogP contribution in [-0.4, -0.2) is 0 Å². The van der Waals surface area contributed by atoms with E-state index in [-0.39, 0.29) is 5.41 Å². The van der Waals surface area contributed by atoms with Crippen LogP contribution in [0.3, 0.4) is 0 Å². The highest BCUT2D eigenvalue weighted by Gasteiger charge is 2.35. The van der Waals surface area contributed by atoms with Crippen molar-refractivity contribution in [3.63, 3.8) is 0 Å². The highest BCUT2D eigenvalue weighted by atomic mass is 127. The van der Waals surface area contributed by atoms with Crippen molar-refractivity contribution < 1.29 is 0 Å². The first-order chi connectivity index (χ1) is 12.6. The van der Waals surface area contributed by atoms with Gasteiger partial charge in [-0.05, 0) is 97.5 Å². The maximum Gasteiger partial charge on any atom is 0.0159 e. The summed E-state index contributed by atoms with van der Waals surface area (Å²) in [5, 5.41) is 2.79. The molecule has 0 amide bonds. The van der Waals surface area contributed by atoms with Gasteiger partial charge in [-0.3, -0.25) is 0 Å². The molecule has 0 nitrogen and oxygen atoms in total. The Kier molecular flexibility index (Phi) is 3.65. The summed E-state index contributed by atoms with van der Waals surface area (Å²) in [5.41, 5.74) is 8.67. The van der Waals surface area contributed by atoms with Crippen molar-refractivity contribution in [2.24, 2.45) is 0 Å². The summed E-state index contributed by atoms with van der Waals surface area (Å²) in [4.78, 5) is 0. The first kappa shape index (κ1) is 16.3. The number of hydrogen-bond donors (Lipinski definition) is 0. The highest BCUT2D eigenvalue weighted by Crippen LogP contribution is 2.49. The van der Waals surface area contributed by atoms with E-state index in [2.05, 4.69) is 103 Å². The van der Waals surface area contributed by atoms with Crippen molar-refractivity contribution in [3.05, 3.63) is 91.4 Å². The second kappa shape index (κ2) is 5.82. The number of hydrogen-bond acceptors (Lipinski definition) is 0. The Bertz CT molecular complexity index is 1160. The smallest absolute Gasteiger partial charge is 0.0159 e.